The summed E-state index contributed by atoms with van der Waals surface area (Å²) in [6.07, 6.45) is 0.819. The lowest BCUT2D eigenvalue weighted by molar-refractivity contribution is -0.116. The van der Waals surface area contributed by atoms with Crippen LogP contribution in [-0.2, 0) is 21.2 Å². The topological polar surface area (TPSA) is 114 Å². The van der Waals surface area contributed by atoms with Gasteiger partial charge in [-0.2, -0.15) is 4.98 Å². The van der Waals surface area contributed by atoms with Crippen molar-refractivity contribution in [2.75, 3.05) is 15.8 Å². The maximum atomic E-state index is 13.4. The largest absolute Gasteiger partial charge is 0.339 e. The van der Waals surface area contributed by atoms with Crippen molar-refractivity contribution < 1.29 is 22.1 Å². The van der Waals surface area contributed by atoms with Gasteiger partial charge in [0.1, 0.15) is 5.82 Å². The molecule has 0 aliphatic rings. The van der Waals surface area contributed by atoms with E-state index in [0.717, 1.165) is 0 Å². The standard InChI is InChI=1S/C22H25FN4O4S/c1-4-12-32(29,30)27-19-7-5-6-18(15(19)3)24-20(28)10-11-21-25-22(26-31-21)16-8-9-17(23)14(2)13-16/h5-9,13,27H,4,10-12H2,1-3H3,(H,24,28). The molecule has 10 heteroatoms. The molecule has 0 fully saturated rings. The lowest BCUT2D eigenvalue weighted by Gasteiger charge is -2.14. The molecule has 2 aromatic carbocycles. The molecule has 0 spiro atoms. The van der Waals surface area contributed by atoms with Crippen molar-refractivity contribution in [2.24, 2.45) is 0 Å². The molecule has 3 rings (SSSR count). The summed E-state index contributed by atoms with van der Waals surface area (Å²) >= 11 is 0. The quantitative estimate of drug-likeness (QED) is 0.494. The van der Waals surface area contributed by atoms with Crippen LogP contribution in [0.15, 0.2) is 40.9 Å². The predicted molar refractivity (Wildman–Crippen MR) is 120 cm³/mol. The average Bonchev–Trinajstić information content (AvgIpc) is 3.20. The van der Waals surface area contributed by atoms with Crippen LogP contribution in [0.2, 0.25) is 0 Å². The number of aromatic nitrogens is 2. The van der Waals surface area contributed by atoms with E-state index in [1.165, 1.54) is 6.07 Å². The fourth-order valence-electron chi connectivity index (χ4n) is 3.06. The minimum atomic E-state index is -3.44. The minimum absolute atomic E-state index is 0.0205. The summed E-state index contributed by atoms with van der Waals surface area (Å²) in [5.74, 6) is 0.0409. The van der Waals surface area contributed by atoms with E-state index in [1.807, 2.05) is 0 Å². The highest BCUT2D eigenvalue weighted by Crippen LogP contribution is 2.25. The molecule has 0 radical (unpaired) electrons. The van der Waals surface area contributed by atoms with Crippen LogP contribution in [-0.4, -0.2) is 30.2 Å². The van der Waals surface area contributed by atoms with Gasteiger partial charge >= 0.3 is 0 Å². The molecule has 170 valence electrons. The first kappa shape index (κ1) is 23.4. The minimum Gasteiger partial charge on any atom is -0.339 e. The van der Waals surface area contributed by atoms with Gasteiger partial charge in [0, 0.05) is 24.1 Å². The van der Waals surface area contributed by atoms with Crippen molar-refractivity contribution in [3.63, 3.8) is 0 Å². The molecule has 0 aliphatic carbocycles. The number of rotatable bonds is 9. The summed E-state index contributed by atoms with van der Waals surface area (Å²) in [5, 5.41) is 6.67. The molecular weight excluding hydrogens is 435 g/mol. The second kappa shape index (κ2) is 9.90. The number of amides is 1. The van der Waals surface area contributed by atoms with E-state index < -0.39 is 10.0 Å². The molecule has 0 aliphatic heterocycles. The third-order valence-electron chi connectivity index (χ3n) is 4.80. The van der Waals surface area contributed by atoms with E-state index in [9.17, 15) is 17.6 Å². The van der Waals surface area contributed by atoms with Crippen molar-refractivity contribution in [1.82, 2.24) is 10.1 Å². The van der Waals surface area contributed by atoms with E-state index in [2.05, 4.69) is 20.2 Å². The number of nitrogens with one attached hydrogen (secondary N) is 2. The molecular formula is C22H25FN4O4S. The molecule has 8 nitrogen and oxygen atoms in total. The third kappa shape index (κ3) is 5.91. The Labute approximate surface area is 186 Å². The monoisotopic (exact) mass is 460 g/mol. The van der Waals surface area contributed by atoms with E-state index in [4.69, 9.17) is 4.52 Å². The second-order valence-corrected chi connectivity index (χ2v) is 9.26. The van der Waals surface area contributed by atoms with Crippen LogP contribution in [0.1, 0.15) is 36.8 Å². The highest BCUT2D eigenvalue weighted by atomic mass is 32.2. The predicted octanol–water partition coefficient (Wildman–Crippen LogP) is 4.22. The van der Waals surface area contributed by atoms with Gasteiger partial charge in [0.25, 0.3) is 0 Å². The Kier molecular flexibility index (Phi) is 7.24. The molecule has 0 saturated carbocycles. The van der Waals surface area contributed by atoms with E-state index in [1.54, 1.807) is 51.1 Å². The smallest absolute Gasteiger partial charge is 0.232 e. The van der Waals surface area contributed by atoms with Crippen LogP contribution in [0.3, 0.4) is 0 Å². The molecule has 2 N–H and O–H groups in total. The second-order valence-electron chi connectivity index (χ2n) is 7.42. The van der Waals surface area contributed by atoms with Gasteiger partial charge in [-0.25, -0.2) is 12.8 Å². The molecule has 0 saturated heterocycles. The first-order valence-corrected chi connectivity index (χ1v) is 11.8. The number of sulfonamides is 1. The highest BCUT2D eigenvalue weighted by molar-refractivity contribution is 7.92. The molecule has 1 heterocycles. The number of benzene rings is 2. The van der Waals surface area contributed by atoms with Gasteiger partial charge in [0.15, 0.2) is 0 Å². The Morgan fingerprint density at radius 1 is 1.16 bits per heavy atom. The molecule has 3 aromatic rings. The third-order valence-corrected chi connectivity index (χ3v) is 6.27. The number of nitrogens with zero attached hydrogens (tertiary/aromatic N) is 2. The van der Waals surface area contributed by atoms with Crippen LogP contribution in [0.4, 0.5) is 15.8 Å². The van der Waals surface area contributed by atoms with Crippen molar-refractivity contribution in [3.8, 4) is 11.4 Å². The molecule has 1 aromatic heterocycles. The van der Waals surface area contributed by atoms with E-state index in [-0.39, 0.29) is 36.2 Å². The van der Waals surface area contributed by atoms with Gasteiger partial charge in [-0.05, 0) is 61.7 Å². The number of carbonyl (C=O) groups excluding carboxylic acids is 1. The zero-order valence-electron chi connectivity index (χ0n) is 18.1. The molecule has 0 unspecified atom stereocenters. The number of anilines is 2. The maximum Gasteiger partial charge on any atom is 0.232 e. The summed E-state index contributed by atoms with van der Waals surface area (Å²) in [4.78, 5) is 16.7. The van der Waals surface area contributed by atoms with Gasteiger partial charge < -0.3 is 9.84 Å². The Hall–Kier alpha value is -3.27. The molecule has 0 atom stereocenters. The summed E-state index contributed by atoms with van der Waals surface area (Å²) in [7, 11) is -3.44. The fraction of sp³-hybridized carbons (Fsp3) is 0.318. The van der Waals surface area contributed by atoms with Crippen molar-refractivity contribution >= 4 is 27.3 Å². The van der Waals surface area contributed by atoms with Gasteiger partial charge in [0.2, 0.25) is 27.6 Å². The molecule has 1 amide bonds. The van der Waals surface area contributed by atoms with Crippen LogP contribution in [0.5, 0.6) is 0 Å². The van der Waals surface area contributed by atoms with Crippen molar-refractivity contribution in [1.29, 1.82) is 0 Å². The van der Waals surface area contributed by atoms with E-state index >= 15 is 0 Å². The first-order valence-electron chi connectivity index (χ1n) is 10.2. The van der Waals surface area contributed by atoms with Crippen molar-refractivity contribution in [3.05, 3.63) is 59.2 Å². The van der Waals surface area contributed by atoms with Crippen molar-refractivity contribution in [2.45, 2.75) is 40.0 Å². The highest BCUT2D eigenvalue weighted by Gasteiger charge is 2.15. The summed E-state index contributed by atoms with van der Waals surface area (Å²) in [6, 6.07) is 9.55. The first-order chi connectivity index (χ1) is 15.2. The Bertz CT molecular complexity index is 1220. The Morgan fingerprint density at radius 3 is 2.62 bits per heavy atom. The van der Waals surface area contributed by atoms with Gasteiger partial charge in [-0.3, -0.25) is 9.52 Å². The normalized spacial score (nSPS) is 11.4. The zero-order chi connectivity index (χ0) is 23.3. The average molecular weight is 461 g/mol. The van der Waals surface area contributed by atoms with Crippen LogP contribution >= 0.6 is 0 Å². The lowest BCUT2D eigenvalue weighted by atomic mass is 10.1. The summed E-state index contributed by atoms with van der Waals surface area (Å²) in [6.45, 7) is 5.17. The molecule has 0 bridgehead atoms. The fourth-order valence-corrected chi connectivity index (χ4v) is 4.26. The number of halogens is 1. The van der Waals surface area contributed by atoms with E-state index in [0.29, 0.717) is 40.3 Å². The number of hydrogen-bond acceptors (Lipinski definition) is 6. The number of carbonyl (C=O) groups is 1. The lowest BCUT2D eigenvalue weighted by Crippen LogP contribution is -2.18. The summed E-state index contributed by atoms with van der Waals surface area (Å²) in [5.41, 5.74) is 2.66. The summed E-state index contributed by atoms with van der Waals surface area (Å²) < 4.78 is 45.3. The van der Waals surface area contributed by atoms with Gasteiger partial charge in [-0.15, -0.1) is 0 Å². The Balaban J connectivity index is 1.61. The van der Waals surface area contributed by atoms with Crippen LogP contribution in [0, 0.1) is 19.7 Å². The number of aryl methyl sites for hydroxylation is 2. The SMILES string of the molecule is CCCS(=O)(=O)Nc1cccc(NC(=O)CCc2nc(-c3ccc(F)c(C)c3)no2)c1C. The Morgan fingerprint density at radius 2 is 1.91 bits per heavy atom. The zero-order valence-corrected chi connectivity index (χ0v) is 18.9. The van der Waals surface area contributed by atoms with Gasteiger partial charge in [-0.1, -0.05) is 18.1 Å². The molecule has 32 heavy (non-hydrogen) atoms. The number of hydrogen-bond donors (Lipinski definition) is 2. The maximum absolute atomic E-state index is 13.4. The van der Waals surface area contributed by atoms with Gasteiger partial charge in [0.05, 0.1) is 11.4 Å². The van der Waals surface area contributed by atoms with Crippen LogP contribution < -0.4 is 10.0 Å². The van der Waals surface area contributed by atoms with Crippen LogP contribution in [0.25, 0.3) is 11.4 Å².